The Kier molecular flexibility index (Phi) is 2.53. The highest BCUT2D eigenvalue weighted by Crippen LogP contribution is 2.57. The van der Waals surface area contributed by atoms with Crippen molar-refractivity contribution in [1.82, 2.24) is 15.1 Å². The van der Waals surface area contributed by atoms with E-state index >= 15 is 0 Å². The molecule has 2 N–H and O–H groups in total. The van der Waals surface area contributed by atoms with E-state index in [9.17, 15) is 0 Å². The van der Waals surface area contributed by atoms with Crippen LogP contribution in [0.1, 0.15) is 50.0 Å². The summed E-state index contributed by atoms with van der Waals surface area (Å²) in [5.41, 5.74) is 6.82. The molecule has 2 atom stereocenters. The van der Waals surface area contributed by atoms with Crippen LogP contribution in [0.15, 0.2) is 9.90 Å². The van der Waals surface area contributed by atoms with Crippen LogP contribution in [0.5, 0.6) is 0 Å². The summed E-state index contributed by atoms with van der Waals surface area (Å²) < 4.78 is 5.28. The number of thiazole rings is 1. The van der Waals surface area contributed by atoms with E-state index in [4.69, 9.17) is 10.3 Å². The predicted molar refractivity (Wildman–Crippen MR) is 69.1 cm³/mol. The van der Waals surface area contributed by atoms with Gasteiger partial charge in [-0.1, -0.05) is 19.0 Å². The van der Waals surface area contributed by atoms with Crippen LogP contribution in [0.25, 0.3) is 11.6 Å². The van der Waals surface area contributed by atoms with Crippen LogP contribution in [0.3, 0.4) is 0 Å². The molecule has 1 aliphatic rings. The van der Waals surface area contributed by atoms with Gasteiger partial charge in [-0.25, -0.2) is 4.98 Å². The van der Waals surface area contributed by atoms with Crippen LogP contribution in [-0.2, 0) is 0 Å². The third kappa shape index (κ3) is 1.95. The molecule has 0 saturated heterocycles. The molecule has 2 heterocycles. The maximum Gasteiger partial charge on any atom is 0.277 e. The molecular weight excluding hydrogens is 248 g/mol. The van der Waals surface area contributed by atoms with Gasteiger partial charge in [0.2, 0.25) is 0 Å². The van der Waals surface area contributed by atoms with Crippen LogP contribution < -0.4 is 5.73 Å². The van der Waals surface area contributed by atoms with Crippen molar-refractivity contribution in [3.8, 4) is 11.6 Å². The van der Waals surface area contributed by atoms with E-state index in [2.05, 4.69) is 29.0 Å². The van der Waals surface area contributed by atoms with E-state index in [0.717, 1.165) is 22.9 Å². The highest BCUT2D eigenvalue weighted by molar-refractivity contribution is 7.10. The molecule has 2 aromatic rings. The monoisotopic (exact) mass is 264 g/mol. The SMILES string of the molecule is CC(N)c1nc(-c2nc(C3CC3(C)C)no2)cs1. The molecule has 1 aliphatic carbocycles. The maximum atomic E-state index is 5.79. The smallest absolute Gasteiger partial charge is 0.277 e. The first-order valence-corrected chi connectivity index (χ1v) is 6.90. The Morgan fingerprint density at radius 3 is 2.78 bits per heavy atom. The van der Waals surface area contributed by atoms with Gasteiger partial charge in [0, 0.05) is 11.3 Å². The standard InChI is InChI=1S/C12H16N4OS/c1-6(13)11-14-8(5-18-11)10-15-9(16-17-10)7-4-12(7,2)3/h5-7H,4,13H2,1-3H3. The average molecular weight is 264 g/mol. The van der Waals surface area contributed by atoms with Crippen LogP contribution in [0.4, 0.5) is 0 Å². The van der Waals surface area contributed by atoms with E-state index in [1.807, 2.05) is 12.3 Å². The molecule has 0 spiro atoms. The van der Waals surface area contributed by atoms with E-state index in [1.165, 1.54) is 11.3 Å². The molecule has 0 bridgehead atoms. The molecular formula is C12H16N4OS. The van der Waals surface area contributed by atoms with Crippen molar-refractivity contribution in [2.24, 2.45) is 11.1 Å². The van der Waals surface area contributed by atoms with Crippen molar-refractivity contribution in [3.63, 3.8) is 0 Å². The first kappa shape index (κ1) is 11.8. The minimum atomic E-state index is -0.0616. The topological polar surface area (TPSA) is 77.8 Å². The third-order valence-corrected chi connectivity index (χ3v) is 4.44. The van der Waals surface area contributed by atoms with Gasteiger partial charge in [0.15, 0.2) is 5.82 Å². The molecule has 0 radical (unpaired) electrons. The fourth-order valence-electron chi connectivity index (χ4n) is 1.98. The van der Waals surface area contributed by atoms with Crippen molar-refractivity contribution < 1.29 is 4.52 Å². The minimum Gasteiger partial charge on any atom is -0.332 e. The summed E-state index contributed by atoms with van der Waals surface area (Å²) >= 11 is 1.52. The van der Waals surface area contributed by atoms with E-state index < -0.39 is 0 Å². The zero-order chi connectivity index (χ0) is 12.9. The van der Waals surface area contributed by atoms with Crippen molar-refractivity contribution in [1.29, 1.82) is 0 Å². The number of hydrogen-bond acceptors (Lipinski definition) is 6. The van der Waals surface area contributed by atoms with Crippen molar-refractivity contribution in [2.75, 3.05) is 0 Å². The molecule has 1 saturated carbocycles. The van der Waals surface area contributed by atoms with Gasteiger partial charge in [0.1, 0.15) is 10.7 Å². The predicted octanol–water partition coefficient (Wildman–Crippen LogP) is 2.73. The van der Waals surface area contributed by atoms with E-state index in [-0.39, 0.29) is 6.04 Å². The number of nitrogens with zero attached hydrogens (tertiary/aromatic N) is 3. The molecule has 2 unspecified atom stereocenters. The fraction of sp³-hybridized carbons (Fsp3) is 0.583. The lowest BCUT2D eigenvalue weighted by Gasteiger charge is -1.96. The average Bonchev–Trinajstić information content (AvgIpc) is 2.82. The normalized spacial score (nSPS) is 23.0. The molecule has 18 heavy (non-hydrogen) atoms. The van der Waals surface area contributed by atoms with Crippen LogP contribution in [0, 0.1) is 5.41 Å². The Morgan fingerprint density at radius 1 is 1.50 bits per heavy atom. The largest absolute Gasteiger partial charge is 0.332 e. The molecule has 0 aliphatic heterocycles. The summed E-state index contributed by atoms with van der Waals surface area (Å²) in [5, 5.41) is 6.85. The van der Waals surface area contributed by atoms with Gasteiger partial charge in [-0.3, -0.25) is 0 Å². The maximum absolute atomic E-state index is 5.79. The first-order valence-electron chi connectivity index (χ1n) is 6.02. The molecule has 5 nitrogen and oxygen atoms in total. The van der Waals surface area contributed by atoms with Gasteiger partial charge in [0.25, 0.3) is 5.89 Å². The highest BCUT2D eigenvalue weighted by atomic mass is 32.1. The minimum absolute atomic E-state index is 0.0616. The van der Waals surface area contributed by atoms with E-state index in [1.54, 1.807) is 0 Å². The Morgan fingerprint density at radius 2 is 2.22 bits per heavy atom. The second kappa shape index (κ2) is 3.86. The van der Waals surface area contributed by atoms with Crippen LogP contribution in [-0.4, -0.2) is 15.1 Å². The van der Waals surface area contributed by atoms with Gasteiger partial charge >= 0.3 is 0 Å². The fourth-order valence-corrected chi connectivity index (χ4v) is 2.73. The molecule has 2 aromatic heterocycles. The van der Waals surface area contributed by atoms with Gasteiger partial charge in [-0.05, 0) is 18.8 Å². The zero-order valence-corrected chi connectivity index (χ0v) is 11.5. The third-order valence-electron chi connectivity index (χ3n) is 3.40. The number of rotatable bonds is 3. The molecule has 1 fully saturated rings. The highest BCUT2D eigenvalue weighted by Gasteiger charge is 2.49. The zero-order valence-electron chi connectivity index (χ0n) is 10.7. The summed E-state index contributed by atoms with van der Waals surface area (Å²) in [7, 11) is 0. The summed E-state index contributed by atoms with van der Waals surface area (Å²) in [6.45, 7) is 6.34. The molecule has 3 rings (SSSR count). The summed E-state index contributed by atoms with van der Waals surface area (Å²) in [4.78, 5) is 8.84. The second-order valence-corrected chi connectivity index (χ2v) is 6.45. The van der Waals surface area contributed by atoms with Gasteiger partial charge in [-0.2, -0.15) is 4.98 Å². The van der Waals surface area contributed by atoms with Crippen molar-refractivity contribution in [2.45, 2.75) is 39.2 Å². The first-order chi connectivity index (χ1) is 8.47. The number of aromatic nitrogens is 3. The Labute approximate surface area is 109 Å². The molecule has 6 heteroatoms. The lowest BCUT2D eigenvalue weighted by Crippen LogP contribution is -2.03. The quantitative estimate of drug-likeness (QED) is 0.922. The van der Waals surface area contributed by atoms with Crippen molar-refractivity contribution in [3.05, 3.63) is 16.2 Å². The second-order valence-electron chi connectivity index (χ2n) is 5.56. The molecule has 0 amide bonds. The lowest BCUT2D eigenvalue weighted by atomic mass is 10.1. The van der Waals surface area contributed by atoms with Gasteiger partial charge in [0.05, 0.1) is 6.04 Å². The van der Waals surface area contributed by atoms with E-state index in [0.29, 0.717) is 17.2 Å². The molecule has 0 aromatic carbocycles. The summed E-state index contributed by atoms with van der Waals surface area (Å²) in [6, 6.07) is -0.0616. The Balaban J connectivity index is 1.84. The Bertz CT molecular complexity index is 572. The Hall–Kier alpha value is -1.27. The van der Waals surface area contributed by atoms with Crippen molar-refractivity contribution >= 4 is 11.3 Å². The molecule has 96 valence electrons. The number of hydrogen-bond donors (Lipinski definition) is 1. The van der Waals surface area contributed by atoms with Gasteiger partial charge in [-0.15, -0.1) is 11.3 Å². The van der Waals surface area contributed by atoms with Gasteiger partial charge < -0.3 is 10.3 Å². The lowest BCUT2D eigenvalue weighted by molar-refractivity contribution is 0.418. The summed E-state index contributed by atoms with van der Waals surface area (Å²) in [5.74, 6) is 1.71. The summed E-state index contributed by atoms with van der Waals surface area (Å²) in [6.07, 6.45) is 1.12. The van der Waals surface area contributed by atoms with Crippen LogP contribution in [0.2, 0.25) is 0 Å². The number of nitrogens with two attached hydrogens (primary N) is 1. The van der Waals surface area contributed by atoms with Crippen LogP contribution >= 0.6 is 11.3 Å².